The topological polar surface area (TPSA) is 60.2 Å². The molecule has 0 saturated carbocycles. The van der Waals surface area contributed by atoms with Gasteiger partial charge in [-0.2, -0.15) is 0 Å². The Morgan fingerprint density at radius 1 is 0.833 bits per heavy atom. The van der Waals surface area contributed by atoms with Crippen molar-refractivity contribution in [3.8, 4) is 0 Å². The number of carbonyl (C=O) groups excluding carboxylic acids is 2. The van der Waals surface area contributed by atoms with Crippen molar-refractivity contribution in [2.24, 2.45) is 0 Å². The molecular formula is C14H8INO2. The highest BCUT2D eigenvalue weighted by Crippen LogP contribution is 2.32. The standard InChI is InChI=1S/C14H8INO2/c15-12-10(16)6-5-9-11(12)14(18)8-4-2-1-3-7(8)13(9)17/h1-6H,16H2. The van der Waals surface area contributed by atoms with Crippen LogP contribution >= 0.6 is 22.6 Å². The summed E-state index contributed by atoms with van der Waals surface area (Å²) >= 11 is 2.01. The van der Waals surface area contributed by atoms with Crippen LogP contribution < -0.4 is 5.73 Å². The van der Waals surface area contributed by atoms with Crippen LogP contribution in [0.5, 0.6) is 0 Å². The maximum absolute atomic E-state index is 12.4. The van der Waals surface area contributed by atoms with E-state index < -0.39 is 0 Å². The summed E-state index contributed by atoms with van der Waals surface area (Å²) in [6, 6.07) is 10.2. The molecule has 2 aromatic rings. The highest BCUT2D eigenvalue weighted by Gasteiger charge is 2.31. The van der Waals surface area contributed by atoms with E-state index in [9.17, 15) is 9.59 Å². The number of ketones is 2. The van der Waals surface area contributed by atoms with Crippen LogP contribution in [-0.4, -0.2) is 11.6 Å². The van der Waals surface area contributed by atoms with Crippen molar-refractivity contribution in [1.82, 2.24) is 0 Å². The average molecular weight is 349 g/mol. The zero-order chi connectivity index (χ0) is 12.9. The monoisotopic (exact) mass is 349 g/mol. The van der Waals surface area contributed by atoms with Crippen molar-refractivity contribution in [2.45, 2.75) is 0 Å². The van der Waals surface area contributed by atoms with Crippen LogP contribution in [0.3, 0.4) is 0 Å². The summed E-state index contributed by atoms with van der Waals surface area (Å²) in [7, 11) is 0. The fourth-order valence-electron chi connectivity index (χ4n) is 2.16. The van der Waals surface area contributed by atoms with E-state index in [0.29, 0.717) is 31.5 Å². The molecule has 0 amide bonds. The number of rotatable bonds is 0. The van der Waals surface area contributed by atoms with Crippen LogP contribution in [-0.2, 0) is 0 Å². The van der Waals surface area contributed by atoms with Gasteiger partial charge < -0.3 is 5.73 Å². The van der Waals surface area contributed by atoms with Gasteiger partial charge in [0.15, 0.2) is 11.6 Å². The summed E-state index contributed by atoms with van der Waals surface area (Å²) in [6.45, 7) is 0. The van der Waals surface area contributed by atoms with E-state index >= 15 is 0 Å². The van der Waals surface area contributed by atoms with Gasteiger partial charge in [0.05, 0.1) is 0 Å². The van der Waals surface area contributed by atoms with Gasteiger partial charge in [0, 0.05) is 31.5 Å². The smallest absolute Gasteiger partial charge is 0.195 e. The largest absolute Gasteiger partial charge is 0.398 e. The van der Waals surface area contributed by atoms with E-state index in [0.717, 1.165) is 0 Å². The lowest BCUT2D eigenvalue weighted by Crippen LogP contribution is -2.22. The molecule has 0 atom stereocenters. The predicted molar refractivity (Wildman–Crippen MR) is 76.9 cm³/mol. The molecule has 0 fully saturated rings. The fraction of sp³-hybridized carbons (Fsp3) is 0. The third-order valence-corrected chi connectivity index (χ3v) is 4.22. The van der Waals surface area contributed by atoms with Crippen molar-refractivity contribution >= 4 is 39.8 Å². The Bertz CT molecular complexity index is 707. The van der Waals surface area contributed by atoms with E-state index in [-0.39, 0.29) is 11.6 Å². The molecule has 2 N–H and O–H groups in total. The van der Waals surface area contributed by atoms with Crippen LogP contribution in [0.1, 0.15) is 31.8 Å². The van der Waals surface area contributed by atoms with Crippen LogP contribution in [0.25, 0.3) is 0 Å². The molecule has 0 aliphatic heterocycles. The minimum atomic E-state index is -0.128. The molecule has 0 unspecified atom stereocenters. The molecule has 0 spiro atoms. The van der Waals surface area contributed by atoms with Crippen molar-refractivity contribution in [2.75, 3.05) is 5.73 Å². The highest BCUT2D eigenvalue weighted by atomic mass is 127. The van der Waals surface area contributed by atoms with Gasteiger partial charge in [-0.15, -0.1) is 0 Å². The number of carbonyl (C=O) groups is 2. The summed E-state index contributed by atoms with van der Waals surface area (Å²) in [5.41, 5.74) is 8.12. The minimum absolute atomic E-state index is 0.113. The molecule has 1 aliphatic rings. The Hall–Kier alpha value is -1.69. The SMILES string of the molecule is Nc1ccc2c(c1I)C(=O)c1ccccc1C2=O. The van der Waals surface area contributed by atoms with Crippen molar-refractivity contribution < 1.29 is 9.59 Å². The first-order valence-corrected chi connectivity index (χ1v) is 6.45. The molecule has 0 heterocycles. The number of anilines is 1. The van der Waals surface area contributed by atoms with Crippen molar-refractivity contribution in [1.29, 1.82) is 0 Å². The third-order valence-electron chi connectivity index (χ3n) is 3.06. The van der Waals surface area contributed by atoms with Gasteiger partial charge in [-0.1, -0.05) is 24.3 Å². The van der Waals surface area contributed by atoms with Crippen LogP contribution in [0.15, 0.2) is 36.4 Å². The fourth-order valence-corrected chi connectivity index (χ4v) is 2.88. The van der Waals surface area contributed by atoms with Gasteiger partial charge in [-0.05, 0) is 34.7 Å². The van der Waals surface area contributed by atoms with Gasteiger partial charge in [0.1, 0.15) is 0 Å². The lowest BCUT2D eigenvalue weighted by Gasteiger charge is -2.19. The second-order valence-electron chi connectivity index (χ2n) is 4.10. The maximum Gasteiger partial charge on any atom is 0.195 e. The number of hydrogen-bond acceptors (Lipinski definition) is 3. The summed E-state index contributed by atoms with van der Waals surface area (Å²) in [6.07, 6.45) is 0. The molecule has 2 aromatic carbocycles. The molecule has 0 aromatic heterocycles. The molecule has 4 heteroatoms. The van der Waals surface area contributed by atoms with Crippen molar-refractivity contribution in [3.05, 3.63) is 62.2 Å². The van der Waals surface area contributed by atoms with E-state index in [1.807, 2.05) is 22.6 Å². The van der Waals surface area contributed by atoms with Crippen LogP contribution in [0.2, 0.25) is 0 Å². The zero-order valence-electron chi connectivity index (χ0n) is 9.24. The molecule has 0 saturated heterocycles. The second kappa shape index (κ2) is 3.91. The van der Waals surface area contributed by atoms with Gasteiger partial charge in [0.2, 0.25) is 0 Å². The van der Waals surface area contributed by atoms with Gasteiger partial charge >= 0.3 is 0 Å². The zero-order valence-corrected chi connectivity index (χ0v) is 11.4. The van der Waals surface area contributed by atoms with E-state index in [2.05, 4.69) is 0 Å². The molecule has 1 aliphatic carbocycles. The Labute approximate surface area is 117 Å². The highest BCUT2D eigenvalue weighted by molar-refractivity contribution is 14.1. The number of fused-ring (bicyclic) bond motifs is 2. The van der Waals surface area contributed by atoms with Crippen LogP contribution in [0.4, 0.5) is 5.69 Å². The molecule has 18 heavy (non-hydrogen) atoms. The first kappa shape index (κ1) is 11.4. The van der Waals surface area contributed by atoms with E-state index in [1.54, 1.807) is 36.4 Å². The van der Waals surface area contributed by atoms with E-state index in [1.165, 1.54) is 0 Å². The predicted octanol–water partition coefficient (Wildman–Crippen LogP) is 2.65. The minimum Gasteiger partial charge on any atom is -0.398 e. The second-order valence-corrected chi connectivity index (χ2v) is 5.17. The Morgan fingerprint density at radius 3 is 2.11 bits per heavy atom. The summed E-state index contributed by atoms with van der Waals surface area (Å²) < 4.78 is 0.651. The number of hydrogen-bond donors (Lipinski definition) is 1. The molecule has 88 valence electrons. The van der Waals surface area contributed by atoms with Crippen LogP contribution in [0, 0.1) is 3.57 Å². The normalized spacial score (nSPS) is 13.2. The average Bonchev–Trinajstić information content (AvgIpc) is 2.39. The number of benzene rings is 2. The van der Waals surface area contributed by atoms with E-state index in [4.69, 9.17) is 5.73 Å². The lowest BCUT2D eigenvalue weighted by atomic mass is 9.84. The molecule has 3 rings (SSSR count). The molecule has 0 bridgehead atoms. The first-order chi connectivity index (χ1) is 8.61. The maximum atomic E-state index is 12.4. The molecule has 0 radical (unpaired) electrons. The van der Waals surface area contributed by atoms with Gasteiger partial charge in [-0.3, -0.25) is 9.59 Å². The number of nitrogens with two attached hydrogens (primary N) is 1. The third kappa shape index (κ3) is 1.42. The first-order valence-electron chi connectivity index (χ1n) is 5.37. The molecule has 3 nitrogen and oxygen atoms in total. The quantitative estimate of drug-likeness (QED) is 0.501. The van der Waals surface area contributed by atoms with Crippen molar-refractivity contribution in [3.63, 3.8) is 0 Å². The Kier molecular flexibility index (Phi) is 2.48. The summed E-state index contributed by atoms with van der Waals surface area (Å²) in [5.74, 6) is -0.241. The number of halogens is 1. The summed E-state index contributed by atoms with van der Waals surface area (Å²) in [5, 5.41) is 0. The lowest BCUT2D eigenvalue weighted by molar-refractivity contribution is 0.0978. The summed E-state index contributed by atoms with van der Waals surface area (Å²) in [4.78, 5) is 24.7. The molecular weight excluding hydrogens is 341 g/mol. The number of nitrogen functional groups attached to an aromatic ring is 1. The Morgan fingerprint density at radius 2 is 1.44 bits per heavy atom. The van der Waals surface area contributed by atoms with Gasteiger partial charge in [0.25, 0.3) is 0 Å². The Balaban J connectivity index is 2.38. The van der Waals surface area contributed by atoms with Gasteiger partial charge in [-0.25, -0.2) is 0 Å².